The third-order valence-corrected chi connectivity index (χ3v) is 12.2. The van der Waals surface area contributed by atoms with Crippen molar-refractivity contribution < 1.29 is 9.47 Å². The highest BCUT2D eigenvalue weighted by Gasteiger charge is 2.43. The summed E-state index contributed by atoms with van der Waals surface area (Å²) in [4.78, 5) is 0. The summed E-state index contributed by atoms with van der Waals surface area (Å²) in [5, 5.41) is 2.56. The molecule has 3 aliphatic rings. The third-order valence-electron chi connectivity index (χ3n) is 12.2. The first-order valence-electron chi connectivity index (χ1n) is 18.3. The normalized spacial score (nSPS) is 15.5. The Balaban J connectivity index is 1.05. The summed E-state index contributed by atoms with van der Waals surface area (Å²) in [5.41, 5.74) is 14.4. The molecule has 0 bridgehead atoms. The lowest BCUT2D eigenvalue weighted by molar-refractivity contribution is 0.465. The van der Waals surface area contributed by atoms with Gasteiger partial charge in [0.15, 0.2) is 0 Å². The summed E-state index contributed by atoms with van der Waals surface area (Å²) in [6.07, 6.45) is 0. The first-order chi connectivity index (χ1) is 25.3. The van der Waals surface area contributed by atoms with Crippen molar-refractivity contribution in [3.8, 4) is 39.8 Å². The molecule has 0 fully saturated rings. The molecule has 0 saturated carbocycles. The van der Waals surface area contributed by atoms with Crippen LogP contribution in [0.25, 0.3) is 38.6 Å². The molecule has 1 aliphatic carbocycles. The molecule has 0 spiro atoms. The van der Waals surface area contributed by atoms with Gasteiger partial charge < -0.3 is 14.0 Å². The Hall–Kier alpha value is -6.00. The van der Waals surface area contributed by atoms with Crippen LogP contribution in [0.5, 0.6) is 23.0 Å². The highest BCUT2D eigenvalue weighted by molar-refractivity contribution is 6.98. The van der Waals surface area contributed by atoms with Crippen LogP contribution in [-0.4, -0.2) is 11.3 Å². The highest BCUT2D eigenvalue weighted by Crippen LogP contribution is 2.51. The summed E-state index contributed by atoms with van der Waals surface area (Å²) >= 11 is 0. The van der Waals surface area contributed by atoms with E-state index in [1.165, 1.54) is 60.7 Å². The number of nitrogens with zero attached hydrogens (tertiary/aromatic N) is 1. The summed E-state index contributed by atoms with van der Waals surface area (Å²) in [5.74, 6) is 3.55. The first kappa shape index (κ1) is 29.7. The zero-order chi connectivity index (χ0) is 34.9. The second-order valence-corrected chi connectivity index (χ2v) is 15.7. The van der Waals surface area contributed by atoms with Gasteiger partial charge in [0.1, 0.15) is 23.0 Å². The number of aromatic nitrogens is 1. The van der Waals surface area contributed by atoms with E-state index >= 15 is 0 Å². The van der Waals surface area contributed by atoms with Gasteiger partial charge in [0.05, 0.1) is 11.0 Å². The number of para-hydroxylation sites is 4. The summed E-state index contributed by atoms with van der Waals surface area (Å²) in [7, 11) is 0. The number of benzene rings is 7. The molecule has 1 aromatic heterocycles. The van der Waals surface area contributed by atoms with Crippen LogP contribution >= 0.6 is 0 Å². The largest absolute Gasteiger partial charge is 0.458 e. The van der Waals surface area contributed by atoms with E-state index in [0.29, 0.717) is 0 Å². The fourth-order valence-electron chi connectivity index (χ4n) is 9.57. The van der Waals surface area contributed by atoms with Crippen LogP contribution in [0.1, 0.15) is 49.9 Å². The minimum Gasteiger partial charge on any atom is -0.458 e. The van der Waals surface area contributed by atoms with Gasteiger partial charge >= 0.3 is 0 Å². The SMILES string of the molecule is CC1(C)c2ccc(-n3c4ccccc4c4ccccc43)cc2C(C)(C)c2ccc(-c3cc4c5c(c3)Oc3ccccc3B5c3ccccc3O4)cc21. The Kier molecular flexibility index (Phi) is 5.88. The predicted molar refractivity (Wildman–Crippen MR) is 215 cm³/mol. The van der Waals surface area contributed by atoms with Gasteiger partial charge in [-0.2, -0.15) is 0 Å². The minimum absolute atomic E-state index is 0.0705. The zero-order valence-electron chi connectivity index (χ0n) is 29.7. The molecule has 2 aliphatic heterocycles. The van der Waals surface area contributed by atoms with E-state index in [0.717, 1.165) is 39.6 Å². The van der Waals surface area contributed by atoms with Crippen molar-refractivity contribution in [3.63, 3.8) is 0 Å². The predicted octanol–water partition coefficient (Wildman–Crippen LogP) is 10.1. The molecule has 3 heterocycles. The average Bonchev–Trinajstić information content (AvgIpc) is 3.51. The lowest BCUT2D eigenvalue weighted by atomic mass is 9.35. The molecular weight excluding hydrogens is 633 g/mol. The molecule has 7 aromatic carbocycles. The van der Waals surface area contributed by atoms with E-state index in [2.05, 4.69) is 178 Å². The molecular formula is C48H36BNO2. The molecule has 0 atom stereocenters. The Morgan fingerprint density at radius 3 is 1.54 bits per heavy atom. The van der Waals surface area contributed by atoms with Gasteiger partial charge in [0.25, 0.3) is 6.71 Å². The highest BCUT2D eigenvalue weighted by atomic mass is 16.5. The molecule has 0 saturated heterocycles. The summed E-state index contributed by atoms with van der Waals surface area (Å²) < 4.78 is 15.7. The maximum absolute atomic E-state index is 6.65. The van der Waals surface area contributed by atoms with Crippen molar-refractivity contribution in [2.24, 2.45) is 0 Å². The fraction of sp³-hybridized carbons (Fsp3) is 0.125. The molecule has 248 valence electrons. The molecule has 0 N–H and O–H groups in total. The van der Waals surface area contributed by atoms with Crippen LogP contribution in [0.3, 0.4) is 0 Å². The number of hydrogen-bond acceptors (Lipinski definition) is 2. The van der Waals surface area contributed by atoms with E-state index in [-0.39, 0.29) is 17.5 Å². The topological polar surface area (TPSA) is 23.4 Å². The molecule has 8 aromatic rings. The maximum Gasteiger partial charge on any atom is 0.260 e. The summed E-state index contributed by atoms with van der Waals surface area (Å²) in [6, 6.07) is 53.0. The van der Waals surface area contributed by atoms with Crippen molar-refractivity contribution >= 4 is 44.9 Å². The smallest absolute Gasteiger partial charge is 0.260 e. The van der Waals surface area contributed by atoms with Crippen LogP contribution in [-0.2, 0) is 10.8 Å². The minimum atomic E-state index is -0.214. The van der Waals surface area contributed by atoms with Crippen molar-refractivity contribution in [3.05, 3.63) is 168 Å². The van der Waals surface area contributed by atoms with Crippen molar-refractivity contribution in [2.75, 3.05) is 0 Å². The van der Waals surface area contributed by atoms with Crippen LogP contribution in [0.4, 0.5) is 0 Å². The number of rotatable bonds is 2. The van der Waals surface area contributed by atoms with Gasteiger partial charge in [-0.05, 0) is 98.9 Å². The fourth-order valence-corrected chi connectivity index (χ4v) is 9.57. The van der Waals surface area contributed by atoms with E-state index < -0.39 is 0 Å². The van der Waals surface area contributed by atoms with Gasteiger partial charge in [-0.25, -0.2) is 0 Å². The number of hydrogen-bond donors (Lipinski definition) is 0. The van der Waals surface area contributed by atoms with Crippen molar-refractivity contribution in [1.29, 1.82) is 0 Å². The van der Waals surface area contributed by atoms with E-state index in [4.69, 9.17) is 9.47 Å². The molecule has 4 heteroatoms. The number of ether oxygens (including phenoxy) is 2. The molecule has 52 heavy (non-hydrogen) atoms. The van der Waals surface area contributed by atoms with Gasteiger partial charge in [0.2, 0.25) is 0 Å². The Morgan fingerprint density at radius 2 is 0.942 bits per heavy atom. The Labute approximate surface area is 304 Å². The van der Waals surface area contributed by atoms with E-state index in [1.807, 2.05) is 0 Å². The van der Waals surface area contributed by atoms with Gasteiger partial charge in [-0.1, -0.05) is 119 Å². The van der Waals surface area contributed by atoms with Crippen LogP contribution in [0.15, 0.2) is 146 Å². The van der Waals surface area contributed by atoms with E-state index in [1.54, 1.807) is 0 Å². The average molecular weight is 670 g/mol. The second-order valence-electron chi connectivity index (χ2n) is 15.7. The first-order valence-corrected chi connectivity index (χ1v) is 18.3. The van der Waals surface area contributed by atoms with Crippen LogP contribution < -0.4 is 25.9 Å². The molecule has 0 unspecified atom stereocenters. The van der Waals surface area contributed by atoms with Crippen LogP contribution in [0, 0.1) is 0 Å². The standard InChI is InChI=1S/C48H36BNO2/c1-47(2)35-24-22-31(50-40-17-9-5-13-32(40)33-14-6-10-18-41(33)50)28-37(35)48(3,4)34-23-21-29(25-36(34)47)30-26-44-46-45(27-30)52-43-20-12-8-16-39(43)49(46)38-15-7-11-19-42(38)51-44/h5-28H,1-4H3. The lowest BCUT2D eigenvalue weighted by Crippen LogP contribution is -2.57. The number of fused-ring (bicyclic) bond motifs is 9. The molecule has 11 rings (SSSR count). The Morgan fingerprint density at radius 1 is 0.442 bits per heavy atom. The van der Waals surface area contributed by atoms with Crippen molar-refractivity contribution in [2.45, 2.75) is 38.5 Å². The van der Waals surface area contributed by atoms with Gasteiger partial charge in [-0.15, -0.1) is 0 Å². The molecule has 3 nitrogen and oxygen atoms in total. The van der Waals surface area contributed by atoms with Crippen LogP contribution in [0.2, 0.25) is 0 Å². The van der Waals surface area contributed by atoms with Crippen molar-refractivity contribution in [1.82, 2.24) is 4.57 Å². The van der Waals surface area contributed by atoms with Gasteiger partial charge in [0, 0.05) is 32.8 Å². The third kappa shape index (κ3) is 3.92. The lowest BCUT2D eigenvalue weighted by Gasteiger charge is -2.44. The maximum atomic E-state index is 6.65. The molecule has 0 amide bonds. The van der Waals surface area contributed by atoms with E-state index in [9.17, 15) is 0 Å². The quantitative estimate of drug-likeness (QED) is 0.171. The second kappa shape index (κ2) is 10.3. The van der Waals surface area contributed by atoms with Gasteiger partial charge in [-0.3, -0.25) is 0 Å². The monoisotopic (exact) mass is 669 g/mol. The summed E-state index contributed by atoms with van der Waals surface area (Å²) in [6.45, 7) is 9.60. The molecule has 0 radical (unpaired) electrons. The Bertz CT molecular complexity index is 2700. The zero-order valence-corrected chi connectivity index (χ0v) is 29.7.